The van der Waals surface area contributed by atoms with Gasteiger partial charge < -0.3 is 15.4 Å². The molecule has 0 bridgehead atoms. The van der Waals surface area contributed by atoms with Crippen LogP contribution in [0.3, 0.4) is 0 Å². The van der Waals surface area contributed by atoms with Crippen LogP contribution in [0.1, 0.15) is 26.7 Å². The number of ether oxygens (including phenoxy) is 1. The minimum absolute atomic E-state index is 0.460. The molecule has 1 heterocycles. The molecule has 0 spiro atoms. The molecule has 1 fully saturated rings. The highest BCUT2D eigenvalue weighted by Gasteiger charge is 2.19. The maximum Gasteiger partial charge on any atom is 0.0600 e. The Hall–Kier alpha value is -0.120. The Morgan fingerprint density at radius 1 is 1.36 bits per heavy atom. The number of piperidine rings is 1. The summed E-state index contributed by atoms with van der Waals surface area (Å²) in [5.41, 5.74) is 5.40. The summed E-state index contributed by atoms with van der Waals surface area (Å²) < 4.78 is 5.63. The van der Waals surface area contributed by atoms with Gasteiger partial charge in [0.2, 0.25) is 0 Å². The fraction of sp³-hybridized carbons (Fsp3) is 1.00. The van der Waals surface area contributed by atoms with Gasteiger partial charge in [0.1, 0.15) is 0 Å². The van der Waals surface area contributed by atoms with E-state index in [1.165, 1.54) is 32.5 Å². The predicted octanol–water partition coefficient (Wildman–Crippen LogP) is 1.08. The quantitative estimate of drug-likeness (QED) is 0.722. The molecule has 0 amide bonds. The third-order valence-corrected chi connectivity index (χ3v) is 2.63. The third kappa shape index (κ3) is 4.40. The lowest BCUT2D eigenvalue weighted by Crippen LogP contribution is -2.39. The smallest absolute Gasteiger partial charge is 0.0600 e. The lowest BCUT2D eigenvalue weighted by Gasteiger charge is -2.32. The SMILES string of the molecule is CC(C)CN1CCC(OCCN)CC1. The van der Waals surface area contributed by atoms with E-state index in [9.17, 15) is 0 Å². The van der Waals surface area contributed by atoms with Crippen molar-refractivity contribution < 1.29 is 4.74 Å². The molecule has 2 N–H and O–H groups in total. The molecular weight excluding hydrogens is 176 g/mol. The largest absolute Gasteiger partial charge is 0.377 e. The number of rotatable bonds is 5. The van der Waals surface area contributed by atoms with Crippen molar-refractivity contribution in [2.24, 2.45) is 11.7 Å². The second-order valence-electron chi connectivity index (χ2n) is 4.55. The standard InChI is InChI=1S/C11H24N2O/c1-10(2)9-13-6-3-11(4-7-13)14-8-5-12/h10-11H,3-9,12H2,1-2H3. The van der Waals surface area contributed by atoms with E-state index in [0.29, 0.717) is 12.6 Å². The minimum atomic E-state index is 0.460. The van der Waals surface area contributed by atoms with Crippen molar-refractivity contribution in [1.29, 1.82) is 0 Å². The lowest BCUT2D eigenvalue weighted by atomic mass is 10.1. The molecule has 0 atom stereocenters. The van der Waals surface area contributed by atoms with Crippen LogP contribution in [-0.2, 0) is 4.74 Å². The normalized spacial score (nSPS) is 20.6. The summed E-state index contributed by atoms with van der Waals surface area (Å²) >= 11 is 0. The highest BCUT2D eigenvalue weighted by atomic mass is 16.5. The number of hydrogen-bond acceptors (Lipinski definition) is 3. The highest BCUT2D eigenvalue weighted by Crippen LogP contribution is 2.14. The van der Waals surface area contributed by atoms with Gasteiger partial charge in [-0.3, -0.25) is 0 Å². The molecule has 3 heteroatoms. The van der Waals surface area contributed by atoms with Crippen molar-refractivity contribution in [2.75, 3.05) is 32.8 Å². The number of hydrogen-bond donors (Lipinski definition) is 1. The number of nitrogens with zero attached hydrogens (tertiary/aromatic N) is 1. The maximum absolute atomic E-state index is 5.63. The molecule has 0 aromatic heterocycles. The third-order valence-electron chi connectivity index (χ3n) is 2.63. The molecule has 1 aliphatic heterocycles. The Morgan fingerprint density at radius 3 is 2.50 bits per heavy atom. The molecule has 1 rings (SSSR count). The molecule has 1 aliphatic rings. The van der Waals surface area contributed by atoms with Crippen molar-refractivity contribution in [1.82, 2.24) is 4.90 Å². The molecule has 3 nitrogen and oxygen atoms in total. The van der Waals surface area contributed by atoms with Gasteiger partial charge in [-0.1, -0.05) is 13.8 Å². The Balaban J connectivity index is 2.11. The van der Waals surface area contributed by atoms with Crippen LogP contribution < -0.4 is 5.73 Å². The Kier molecular flexibility index (Phi) is 5.45. The first-order chi connectivity index (χ1) is 6.72. The van der Waals surface area contributed by atoms with Crippen LogP contribution in [0.4, 0.5) is 0 Å². The molecule has 0 radical (unpaired) electrons. The summed E-state index contributed by atoms with van der Waals surface area (Å²) in [4.78, 5) is 2.53. The first kappa shape index (κ1) is 12.0. The molecule has 0 aromatic rings. The Labute approximate surface area is 87.6 Å². The topological polar surface area (TPSA) is 38.5 Å². The monoisotopic (exact) mass is 200 g/mol. The molecular formula is C11H24N2O. The molecule has 1 saturated heterocycles. The van der Waals surface area contributed by atoms with Crippen LogP contribution in [0, 0.1) is 5.92 Å². The summed E-state index contributed by atoms with van der Waals surface area (Å²) in [6, 6.07) is 0. The van der Waals surface area contributed by atoms with Gasteiger partial charge in [0, 0.05) is 26.2 Å². The van der Waals surface area contributed by atoms with Crippen molar-refractivity contribution in [3.05, 3.63) is 0 Å². The zero-order valence-electron chi connectivity index (χ0n) is 9.54. The first-order valence-corrected chi connectivity index (χ1v) is 5.76. The summed E-state index contributed by atoms with van der Waals surface area (Å²) in [5, 5.41) is 0. The van der Waals surface area contributed by atoms with Crippen LogP contribution in [0.25, 0.3) is 0 Å². The number of nitrogens with two attached hydrogens (primary N) is 1. The van der Waals surface area contributed by atoms with Gasteiger partial charge in [-0.05, 0) is 18.8 Å². The average molecular weight is 200 g/mol. The van der Waals surface area contributed by atoms with Crippen LogP contribution in [0.2, 0.25) is 0 Å². The van der Waals surface area contributed by atoms with Crippen molar-refractivity contribution in [3.8, 4) is 0 Å². The van der Waals surface area contributed by atoms with Gasteiger partial charge in [-0.15, -0.1) is 0 Å². The Morgan fingerprint density at radius 2 is 2.00 bits per heavy atom. The van der Waals surface area contributed by atoms with Crippen LogP contribution in [0.5, 0.6) is 0 Å². The van der Waals surface area contributed by atoms with Crippen LogP contribution in [0.15, 0.2) is 0 Å². The van der Waals surface area contributed by atoms with Crippen molar-refractivity contribution >= 4 is 0 Å². The van der Waals surface area contributed by atoms with Crippen molar-refractivity contribution in [3.63, 3.8) is 0 Å². The second-order valence-corrected chi connectivity index (χ2v) is 4.55. The van der Waals surface area contributed by atoms with E-state index in [1.807, 2.05) is 0 Å². The van der Waals surface area contributed by atoms with Crippen molar-refractivity contribution in [2.45, 2.75) is 32.8 Å². The van der Waals surface area contributed by atoms with E-state index in [4.69, 9.17) is 10.5 Å². The van der Waals surface area contributed by atoms with Gasteiger partial charge in [0.05, 0.1) is 12.7 Å². The van der Waals surface area contributed by atoms with Gasteiger partial charge in [-0.2, -0.15) is 0 Å². The summed E-state index contributed by atoms with van der Waals surface area (Å²) in [5.74, 6) is 0.775. The molecule has 84 valence electrons. The van der Waals surface area contributed by atoms with E-state index in [1.54, 1.807) is 0 Å². The van der Waals surface area contributed by atoms with Gasteiger partial charge in [0.15, 0.2) is 0 Å². The average Bonchev–Trinajstić information content (AvgIpc) is 2.16. The first-order valence-electron chi connectivity index (χ1n) is 5.76. The highest BCUT2D eigenvalue weighted by molar-refractivity contribution is 4.73. The Bertz CT molecular complexity index is 142. The fourth-order valence-electron chi connectivity index (χ4n) is 2.01. The summed E-state index contributed by atoms with van der Waals surface area (Å²) in [7, 11) is 0. The lowest BCUT2D eigenvalue weighted by molar-refractivity contribution is 0.00934. The molecule has 0 aliphatic carbocycles. The summed E-state index contributed by atoms with van der Waals surface area (Å²) in [6.45, 7) is 9.51. The van der Waals surface area contributed by atoms with Crippen LogP contribution >= 0.6 is 0 Å². The molecule has 14 heavy (non-hydrogen) atoms. The van der Waals surface area contributed by atoms with E-state index >= 15 is 0 Å². The fourth-order valence-corrected chi connectivity index (χ4v) is 2.01. The van der Waals surface area contributed by atoms with Crippen LogP contribution in [-0.4, -0.2) is 43.8 Å². The second kappa shape index (κ2) is 6.38. The van der Waals surface area contributed by atoms with Gasteiger partial charge >= 0.3 is 0 Å². The summed E-state index contributed by atoms with van der Waals surface area (Å²) in [6.07, 6.45) is 2.81. The van der Waals surface area contributed by atoms with E-state index in [2.05, 4.69) is 18.7 Å². The zero-order chi connectivity index (χ0) is 10.4. The molecule has 0 unspecified atom stereocenters. The predicted molar refractivity (Wildman–Crippen MR) is 59.3 cm³/mol. The van der Waals surface area contributed by atoms with E-state index < -0.39 is 0 Å². The molecule has 0 saturated carbocycles. The van der Waals surface area contributed by atoms with Gasteiger partial charge in [-0.25, -0.2) is 0 Å². The maximum atomic E-state index is 5.63. The minimum Gasteiger partial charge on any atom is -0.377 e. The molecule has 0 aromatic carbocycles. The zero-order valence-corrected chi connectivity index (χ0v) is 9.54. The van der Waals surface area contributed by atoms with E-state index in [-0.39, 0.29) is 0 Å². The van der Waals surface area contributed by atoms with E-state index in [0.717, 1.165) is 12.5 Å². The van der Waals surface area contributed by atoms with Gasteiger partial charge in [0.25, 0.3) is 0 Å². The number of likely N-dealkylation sites (tertiary alicyclic amines) is 1.